The van der Waals surface area contributed by atoms with Gasteiger partial charge in [-0.25, -0.2) is 0 Å². The molecular formula is C16H25ClN2O2. The van der Waals surface area contributed by atoms with Gasteiger partial charge in [0.1, 0.15) is 0 Å². The fourth-order valence-corrected chi connectivity index (χ4v) is 3.03. The summed E-state index contributed by atoms with van der Waals surface area (Å²) >= 11 is 5.99. The second-order valence-corrected chi connectivity index (χ2v) is 6.19. The van der Waals surface area contributed by atoms with Gasteiger partial charge in [-0.05, 0) is 31.0 Å². The molecule has 1 heterocycles. The quantitative estimate of drug-likeness (QED) is 0.875. The third-order valence-corrected chi connectivity index (χ3v) is 4.46. The molecule has 4 unspecified atom stereocenters. The van der Waals surface area contributed by atoms with Gasteiger partial charge in [0.25, 0.3) is 0 Å². The summed E-state index contributed by atoms with van der Waals surface area (Å²) in [5.41, 5.74) is 7.56. The number of hydrogen-bond donors (Lipinski definition) is 2. The van der Waals surface area contributed by atoms with E-state index in [1.54, 1.807) is 0 Å². The van der Waals surface area contributed by atoms with Crippen molar-refractivity contribution in [2.45, 2.75) is 44.5 Å². The SMILES string of the molecule is CCC(N)C(c1ccc(Cl)cc1)N1CC(CO)OCC1C. The van der Waals surface area contributed by atoms with Gasteiger partial charge in [-0.2, -0.15) is 0 Å². The minimum atomic E-state index is -0.139. The Morgan fingerprint density at radius 1 is 1.43 bits per heavy atom. The van der Waals surface area contributed by atoms with Crippen LogP contribution in [-0.2, 0) is 4.74 Å². The van der Waals surface area contributed by atoms with Gasteiger partial charge >= 0.3 is 0 Å². The third kappa shape index (κ3) is 3.96. The molecule has 4 nitrogen and oxygen atoms in total. The lowest BCUT2D eigenvalue weighted by Crippen LogP contribution is -2.54. The number of rotatable bonds is 5. The number of nitrogens with two attached hydrogens (primary N) is 1. The molecule has 1 aliphatic heterocycles. The van der Waals surface area contributed by atoms with Crippen molar-refractivity contribution in [3.63, 3.8) is 0 Å². The lowest BCUT2D eigenvalue weighted by Gasteiger charge is -2.44. The van der Waals surface area contributed by atoms with E-state index in [1.165, 1.54) is 5.56 Å². The Hall–Kier alpha value is -0.650. The molecule has 3 N–H and O–H groups in total. The van der Waals surface area contributed by atoms with Crippen LogP contribution >= 0.6 is 11.6 Å². The lowest BCUT2D eigenvalue weighted by atomic mass is 9.94. The summed E-state index contributed by atoms with van der Waals surface area (Å²) in [6, 6.07) is 8.30. The van der Waals surface area contributed by atoms with Crippen LogP contribution in [0.4, 0.5) is 0 Å². The zero-order chi connectivity index (χ0) is 15.4. The molecule has 1 aromatic carbocycles. The van der Waals surface area contributed by atoms with E-state index in [2.05, 4.69) is 18.7 Å². The molecule has 5 heteroatoms. The van der Waals surface area contributed by atoms with E-state index < -0.39 is 0 Å². The van der Waals surface area contributed by atoms with Crippen molar-refractivity contribution in [2.75, 3.05) is 19.8 Å². The van der Waals surface area contributed by atoms with Crippen LogP contribution in [0.25, 0.3) is 0 Å². The van der Waals surface area contributed by atoms with Gasteiger partial charge < -0.3 is 15.6 Å². The summed E-state index contributed by atoms with van der Waals surface area (Å²) < 4.78 is 5.63. The molecule has 118 valence electrons. The second-order valence-electron chi connectivity index (χ2n) is 5.75. The molecule has 0 bridgehead atoms. The molecular weight excluding hydrogens is 288 g/mol. The van der Waals surface area contributed by atoms with Crippen molar-refractivity contribution in [3.05, 3.63) is 34.9 Å². The average molecular weight is 313 g/mol. The van der Waals surface area contributed by atoms with Crippen LogP contribution in [-0.4, -0.2) is 48.0 Å². The van der Waals surface area contributed by atoms with Crippen LogP contribution in [0.1, 0.15) is 31.9 Å². The van der Waals surface area contributed by atoms with Gasteiger partial charge in [-0.3, -0.25) is 4.90 Å². The van der Waals surface area contributed by atoms with Crippen LogP contribution in [0.5, 0.6) is 0 Å². The van der Waals surface area contributed by atoms with Crippen LogP contribution in [0.3, 0.4) is 0 Å². The van der Waals surface area contributed by atoms with E-state index in [0.29, 0.717) is 13.2 Å². The van der Waals surface area contributed by atoms with Gasteiger partial charge in [-0.15, -0.1) is 0 Å². The zero-order valence-corrected chi connectivity index (χ0v) is 13.5. The minimum absolute atomic E-state index is 0.0334. The molecule has 1 aromatic rings. The highest BCUT2D eigenvalue weighted by atomic mass is 35.5. The molecule has 0 aromatic heterocycles. The fourth-order valence-electron chi connectivity index (χ4n) is 2.90. The zero-order valence-electron chi connectivity index (χ0n) is 12.7. The maximum Gasteiger partial charge on any atom is 0.0933 e. The summed E-state index contributed by atoms with van der Waals surface area (Å²) in [6.07, 6.45) is 0.751. The predicted octanol–water partition coefficient (Wildman–Crippen LogP) is 2.20. The molecule has 1 fully saturated rings. The predicted molar refractivity (Wildman–Crippen MR) is 85.5 cm³/mol. The number of aliphatic hydroxyl groups excluding tert-OH is 1. The molecule has 0 amide bonds. The summed E-state index contributed by atoms with van der Waals surface area (Å²) in [5.74, 6) is 0. The van der Waals surface area contributed by atoms with Crippen molar-refractivity contribution in [3.8, 4) is 0 Å². The maximum atomic E-state index is 9.38. The van der Waals surface area contributed by atoms with Crippen LogP contribution in [0.15, 0.2) is 24.3 Å². The van der Waals surface area contributed by atoms with Crippen molar-refractivity contribution >= 4 is 11.6 Å². The van der Waals surface area contributed by atoms with Crippen LogP contribution < -0.4 is 5.73 Å². The second kappa shape index (κ2) is 7.56. The molecule has 4 atom stereocenters. The Morgan fingerprint density at radius 2 is 2.10 bits per heavy atom. The van der Waals surface area contributed by atoms with Crippen molar-refractivity contribution in [1.82, 2.24) is 4.90 Å². The lowest BCUT2D eigenvalue weighted by molar-refractivity contribution is -0.0948. The number of aliphatic hydroxyl groups is 1. The highest BCUT2D eigenvalue weighted by Gasteiger charge is 2.34. The number of nitrogens with zero attached hydrogens (tertiary/aromatic N) is 1. The number of halogens is 1. The molecule has 0 saturated carbocycles. The minimum Gasteiger partial charge on any atom is -0.394 e. The third-order valence-electron chi connectivity index (χ3n) is 4.20. The number of hydrogen-bond acceptors (Lipinski definition) is 4. The monoisotopic (exact) mass is 312 g/mol. The average Bonchev–Trinajstić information content (AvgIpc) is 2.51. The Bertz CT molecular complexity index is 440. The largest absolute Gasteiger partial charge is 0.394 e. The fraction of sp³-hybridized carbons (Fsp3) is 0.625. The van der Waals surface area contributed by atoms with E-state index in [-0.39, 0.29) is 30.8 Å². The first kappa shape index (κ1) is 16.7. The molecule has 0 spiro atoms. The van der Waals surface area contributed by atoms with Crippen molar-refractivity contribution in [2.24, 2.45) is 5.73 Å². The summed E-state index contributed by atoms with van der Waals surface area (Å²) in [7, 11) is 0. The van der Waals surface area contributed by atoms with Gasteiger partial charge in [0.05, 0.1) is 25.4 Å². The van der Waals surface area contributed by atoms with E-state index in [4.69, 9.17) is 22.1 Å². The van der Waals surface area contributed by atoms with Gasteiger partial charge in [0.15, 0.2) is 0 Å². The standard InChI is InChI=1S/C16H25ClN2O2/c1-3-15(18)16(12-4-6-13(17)7-5-12)19-8-14(9-20)21-10-11(19)2/h4-7,11,14-16,20H,3,8-10,18H2,1-2H3. The summed E-state index contributed by atoms with van der Waals surface area (Å²) in [6.45, 7) is 5.59. The first-order chi connectivity index (χ1) is 10.1. The molecule has 21 heavy (non-hydrogen) atoms. The number of ether oxygens (including phenoxy) is 1. The van der Waals surface area contributed by atoms with E-state index in [9.17, 15) is 5.11 Å². The number of morpholine rings is 1. The topological polar surface area (TPSA) is 58.7 Å². The van der Waals surface area contributed by atoms with Gasteiger partial charge in [0.2, 0.25) is 0 Å². The summed E-state index contributed by atoms with van der Waals surface area (Å²) in [4.78, 5) is 2.35. The highest BCUT2D eigenvalue weighted by Crippen LogP contribution is 2.30. The Morgan fingerprint density at radius 3 is 2.67 bits per heavy atom. The molecule has 0 aliphatic carbocycles. The Labute approximate surface area is 131 Å². The first-order valence-electron chi connectivity index (χ1n) is 7.56. The Balaban J connectivity index is 2.28. The Kier molecular flexibility index (Phi) is 6.02. The molecule has 1 aliphatic rings. The smallest absolute Gasteiger partial charge is 0.0933 e. The van der Waals surface area contributed by atoms with Gasteiger partial charge in [0, 0.05) is 23.7 Å². The van der Waals surface area contributed by atoms with Crippen molar-refractivity contribution in [1.29, 1.82) is 0 Å². The van der Waals surface area contributed by atoms with Crippen molar-refractivity contribution < 1.29 is 9.84 Å². The van der Waals surface area contributed by atoms with E-state index in [0.717, 1.165) is 11.4 Å². The number of benzene rings is 1. The van der Waals surface area contributed by atoms with Gasteiger partial charge in [-0.1, -0.05) is 30.7 Å². The van der Waals surface area contributed by atoms with Crippen LogP contribution in [0, 0.1) is 0 Å². The van der Waals surface area contributed by atoms with E-state index >= 15 is 0 Å². The highest BCUT2D eigenvalue weighted by molar-refractivity contribution is 6.30. The normalized spacial score (nSPS) is 26.5. The molecule has 1 saturated heterocycles. The first-order valence-corrected chi connectivity index (χ1v) is 7.93. The molecule has 2 rings (SSSR count). The van der Waals surface area contributed by atoms with Crippen LogP contribution in [0.2, 0.25) is 5.02 Å². The maximum absolute atomic E-state index is 9.38. The van der Waals surface area contributed by atoms with E-state index in [1.807, 2.05) is 24.3 Å². The molecule has 0 radical (unpaired) electrons. The summed E-state index contributed by atoms with van der Waals surface area (Å²) in [5, 5.41) is 10.1.